The molecule has 0 amide bonds. The molecule has 2 aromatic carbocycles. The molecule has 4 nitrogen and oxygen atoms in total. The SMILES string of the molecule is Cc1ccc(NCc2ccc(NS(=O)(=O)C(C)(C)C)cc2)cc1F. The zero-order chi connectivity index (χ0) is 18.0. The molecular weight excluding hydrogens is 327 g/mol. The Labute approximate surface area is 143 Å². The van der Waals surface area contributed by atoms with Crippen molar-refractivity contribution in [2.24, 2.45) is 0 Å². The highest BCUT2D eigenvalue weighted by atomic mass is 32.2. The van der Waals surface area contributed by atoms with Gasteiger partial charge in [0.25, 0.3) is 0 Å². The Hall–Kier alpha value is -2.08. The van der Waals surface area contributed by atoms with E-state index in [2.05, 4.69) is 10.0 Å². The van der Waals surface area contributed by atoms with Crippen LogP contribution in [0, 0.1) is 12.7 Å². The molecule has 0 aliphatic heterocycles. The van der Waals surface area contributed by atoms with E-state index < -0.39 is 14.8 Å². The van der Waals surface area contributed by atoms with Gasteiger partial charge < -0.3 is 5.32 Å². The van der Waals surface area contributed by atoms with Gasteiger partial charge in [0.1, 0.15) is 5.82 Å². The second-order valence-electron chi connectivity index (χ2n) is 6.73. The van der Waals surface area contributed by atoms with Gasteiger partial charge in [0.2, 0.25) is 10.0 Å². The fraction of sp³-hybridized carbons (Fsp3) is 0.333. The number of hydrogen-bond donors (Lipinski definition) is 2. The number of sulfonamides is 1. The minimum Gasteiger partial charge on any atom is -0.381 e. The van der Waals surface area contributed by atoms with E-state index in [0.717, 1.165) is 5.56 Å². The molecule has 0 aliphatic carbocycles. The van der Waals surface area contributed by atoms with E-state index >= 15 is 0 Å². The highest BCUT2D eigenvalue weighted by Crippen LogP contribution is 2.20. The third kappa shape index (κ3) is 4.47. The Morgan fingerprint density at radius 2 is 1.58 bits per heavy atom. The number of halogens is 1. The van der Waals surface area contributed by atoms with E-state index in [1.54, 1.807) is 45.9 Å². The second kappa shape index (κ2) is 6.81. The molecule has 0 bridgehead atoms. The number of aryl methyl sites for hydroxylation is 1. The smallest absolute Gasteiger partial charge is 0.237 e. The monoisotopic (exact) mass is 350 g/mol. The van der Waals surface area contributed by atoms with Gasteiger partial charge in [0.05, 0.1) is 4.75 Å². The van der Waals surface area contributed by atoms with Crippen molar-refractivity contribution in [3.63, 3.8) is 0 Å². The molecule has 0 atom stereocenters. The van der Waals surface area contributed by atoms with Crippen LogP contribution in [-0.2, 0) is 16.6 Å². The topological polar surface area (TPSA) is 58.2 Å². The lowest BCUT2D eigenvalue weighted by Crippen LogP contribution is -2.33. The van der Waals surface area contributed by atoms with Crippen LogP contribution >= 0.6 is 0 Å². The summed E-state index contributed by atoms with van der Waals surface area (Å²) >= 11 is 0. The summed E-state index contributed by atoms with van der Waals surface area (Å²) in [5.41, 5.74) is 2.80. The predicted octanol–water partition coefficient (Wildman–Crippen LogP) is 4.29. The maximum Gasteiger partial charge on any atom is 0.237 e. The fourth-order valence-corrected chi connectivity index (χ4v) is 2.66. The second-order valence-corrected chi connectivity index (χ2v) is 9.17. The Kier molecular flexibility index (Phi) is 5.18. The first kappa shape index (κ1) is 18.3. The lowest BCUT2D eigenvalue weighted by Gasteiger charge is -2.20. The third-order valence-electron chi connectivity index (χ3n) is 3.68. The predicted molar refractivity (Wildman–Crippen MR) is 97.2 cm³/mol. The molecule has 130 valence electrons. The summed E-state index contributed by atoms with van der Waals surface area (Å²) in [5, 5.41) is 3.14. The van der Waals surface area contributed by atoms with Crippen LogP contribution in [0.4, 0.5) is 15.8 Å². The number of anilines is 2. The Morgan fingerprint density at radius 1 is 1.00 bits per heavy atom. The van der Waals surface area contributed by atoms with E-state index in [9.17, 15) is 12.8 Å². The van der Waals surface area contributed by atoms with Crippen LogP contribution in [0.3, 0.4) is 0 Å². The minimum atomic E-state index is -3.44. The van der Waals surface area contributed by atoms with Crippen LogP contribution < -0.4 is 10.0 Å². The van der Waals surface area contributed by atoms with E-state index in [0.29, 0.717) is 23.5 Å². The largest absolute Gasteiger partial charge is 0.381 e. The van der Waals surface area contributed by atoms with Gasteiger partial charge in [-0.3, -0.25) is 4.72 Å². The minimum absolute atomic E-state index is 0.244. The number of hydrogen-bond acceptors (Lipinski definition) is 3. The Balaban J connectivity index is 2.01. The molecule has 2 rings (SSSR count). The molecule has 0 unspecified atom stereocenters. The normalized spacial score (nSPS) is 12.0. The molecule has 0 aromatic heterocycles. The van der Waals surface area contributed by atoms with Crippen LogP contribution in [-0.4, -0.2) is 13.2 Å². The van der Waals surface area contributed by atoms with Crippen molar-refractivity contribution >= 4 is 21.4 Å². The molecule has 24 heavy (non-hydrogen) atoms. The van der Waals surface area contributed by atoms with Crippen LogP contribution in [0.2, 0.25) is 0 Å². The molecular formula is C18H23FN2O2S. The zero-order valence-corrected chi connectivity index (χ0v) is 15.2. The van der Waals surface area contributed by atoms with Crippen molar-refractivity contribution in [1.82, 2.24) is 0 Å². The molecule has 2 N–H and O–H groups in total. The van der Waals surface area contributed by atoms with Gasteiger partial charge in [-0.25, -0.2) is 12.8 Å². The highest BCUT2D eigenvalue weighted by Gasteiger charge is 2.28. The number of nitrogens with one attached hydrogen (secondary N) is 2. The van der Waals surface area contributed by atoms with E-state index in [4.69, 9.17) is 0 Å². The maximum absolute atomic E-state index is 13.5. The molecule has 2 aromatic rings. The molecule has 0 fully saturated rings. The first-order chi connectivity index (χ1) is 11.1. The van der Waals surface area contributed by atoms with E-state index in [1.165, 1.54) is 6.07 Å². The molecule has 0 saturated heterocycles. The maximum atomic E-state index is 13.5. The van der Waals surface area contributed by atoms with Crippen molar-refractivity contribution in [1.29, 1.82) is 0 Å². The zero-order valence-electron chi connectivity index (χ0n) is 14.4. The van der Waals surface area contributed by atoms with Gasteiger partial charge in [0.15, 0.2) is 0 Å². The first-order valence-corrected chi connectivity index (χ1v) is 9.18. The molecule has 0 saturated carbocycles. The van der Waals surface area contributed by atoms with Crippen LogP contribution in [0.5, 0.6) is 0 Å². The van der Waals surface area contributed by atoms with Crippen molar-refractivity contribution < 1.29 is 12.8 Å². The van der Waals surface area contributed by atoms with Crippen molar-refractivity contribution in [3.8, 4) is 0 Å². The summed E-state index contributed by atoms with van der Waals surface area (Å²) in [6.07, 6.45) is 0. The summed E-state index contributed by atoms with van der Waals surface area (Å²) < 4.78 is 39.4. The summed E-state index contributed by atoms with van der Waals surface area (Å²) in [4.78, 5) is 0. The van der Waals surface area contributed by atoms with E-state index in [1.807, 2.05) is 18.2 Å². The molecule has 6 heteroatoms. The Morgan fingerprint density at radius 3 is 2.12 bits per heavy atom. The van der Waals surface area contributed by atoms with Gasteiger partial charge >= 0.3 is 0 Å². The molecule has 0 radical (unpaired) electrons. The number of rotatable bonds is 5. The van der Waals surface area contributed by atoms with Gasteiger partial charge in [0, 0.05) is 17.9 Å². The number of benzene rings is 2. The van der Waals surface area contributed by atoms with Crippen molar-refractivity contribution in [2.45, 2.75) is 39.0 Å². The fourth-order valence-electron chi connectivity index (χ4n) is 1.91. The van der Waals surface area contributed by atoms with Crippen molar-refractivity contribution in [2.75, 3.05) is 10.0 Å². The van der Waals surface area contributed by atoms with Gasteiger partial charge in [-0.1, -0.05) is 18.2 Å². The first-order valence-electron chi connectivity index (χ1n) is 7.70. The summed E-state index contributed by atoms with van der Waals surface area (Å²) in [7, 11) is -3.44. The average Bonchev–Trinajstić information content (AvgIpc) is 2.48. The summed E-state index contributed by atoms with van der Waals surface area (Å²) in [5.74, 6) is -0.244. The Bertz CT molecular complexity index is 810. The lowest BCUT2D eigenvalue weighted by molar-refractivity contribution is 0.566. The van der Waals surface area contributed by atoms with Crippen LogP contribution in [0.1, 0.15) is 31.9 Å². The van der Waals surface area contributed by atoms with Crippen LogP contribution in [0.25, 0.3) is 0 Å². The summed E-state index contributed by atoms with van der Waals surface area (Å²) in [6.45, 7) is 7.18. The lowest BCUT2D eigenvalue weighted by atomic mass is 10.2. The van der Waals surface area contributed by atoms with Crippen molar-refractivity contribution in [3.05, 3.63) is 59.4 Å². The highest BCUT2D eigenvalue weighted by molar-refractivity contribution is 7.94. The van der Waals surface area contributed by atoms with Gasteiger partial charge in [-0.2, -0.15) is 0 Å². The third-order valence-corrected chi connectivity index (χ3v) is 5.80. The summed E-state index contributed by atoms with van der Waals surface area (Å²) in [6, 6.07) is 12.1. The molecule has 0 heterocycles. The van der Waals surface area contributed by atoms with Gasteiger partial charge in [-0.15, -0.1) is 0 Å². The van der Waals surface area contributed by atoms with Crippen LogP contribution in [0.15, 0.2) is 42.5 Å². The quantitative estimate of drug-likeness (QED) is 0.846. The molecule has 0 spiro atoms. The molecule has 0 aliphatic rings. The van der Waals surface area contributed by atoms with E-state index in [-0.39, 0.29) is 5.82 Å². The van der Waals surface area contributed by atoms with Gasteiger partial charge in [-0.05, 0) is 63.1 Å². The average molecular weight is 350 g/mol. The standard InChI is InChI=1S/C18H23FN2O2S/c1-13-5-8-16(11-17(13)19)20-12-14-6-9-15(10-7-14)21-24(22,23)18(2,3)4/h5-11,20-21H,12H2,1-4H3.